The maximum absolute atomic E-state index is 12.1. The molecule has 21 heavy (non-hydrogen) atoms. The lowest BCUT2D eigenvalue weighted by Gasteiger charge is -2.31. The normalized spacial score (nSPS) is 15.8. The zero-order valence-electron chi connectivity index (χ0n) is 12.0. The van der Waals surface area contributed by atoms with Crippen LogP contribution in [0.4, 0.5) is 9.93 Å². The standard InChI is InChI=1S/C13H20N4O3S/c1-20-8-4-15-13(19)17-6-2-10(3-7-17)11(18)16-12-14-5-9-21-12/h5,9-10H,2-4,6-8H2,1H3,(H,15,19)(H,14,16,18). The molecule has 7 nitrogen and oxygen atoms in total. The molecular formula is C13H20N4O3S. The van der Waals surface area contributed by atoms with E-state index < -0.39 is 0 Å². The molecule has 2 rings (SSSR count). The van der Waals surface area contributed by atoms with Crippen molar-refractivity contribution in [1.82, 2.24) is 15.2 Å². The number of carbonyl (C=O) groups is 2. The fourth-order valence-corrected chi connectivity index (χ4v) is 2.74. The second kappa shape index (κ2) is 7.94. The first-order valence-electron chi connectivity index (χ1n) is 6.92. The Balaban J connectivity index is 1.72. The summed E-state index contributed by atoms with van der Waals surface area (Å²) in [6, 6.07) is -0.0918. The highest BCUT2D eigenvalue weighted by Gasteiger charge is 2.27. The van der Waals surface area contributed by atoms with Crippen LogP contribution in [-0.4, -0.2) is 55.2 Å². The lowest BCUT2D eigenvalue weighted by atomic mass is 9.96. The number of nitrogens with zero attached hydrogens (tertiary/aromatic N) is 2. The van der Waals surface area contributed by atoms with Crippen LogP contribution in [0.5, 0.6) is 0 Å². The van der Waals surface area contributed by atoms with E-state index in [0.29, 0.717) is 44.2 Å². The zero-order valence-corrected chi connectivity index (χ0v) is 12.8. The number of urea groups is 1. The molecule has 0 atom stereocenters. The lowest BCUT2D eigenvalue weighted by Crippen LogP contribution is -2.46. The Bertz CT molecular complexity index is 458. The van der Waals surface area contributed by atoms with Crippen molar-refractivity contribution in [3.8, 4) is 0 Å². The summed E-state index contributed by atoms with van der Waals surface area (Å²) in [5.41, 5.74) is 0. The van der Waals surface area contributed by atoms with Crippen molar-refractivity contribution in [2.75, 3.05) is 38.7 Å². The summed E-state index contributed by atoms with van der Waals surface area (Å²) in [7, 11) is 1.60. The van der Waals surface area contributed by atoms with Crippen molar-refractivity contribution < 1.29 is 14.3 Å². The van der Waals surface area contributed by atoms with Crippen LogP contribution in [0.15, 0.2) is 11.6 Å². The number of nitrogens with one attached hydrogen (secondary N) is 2. The summed E-state index contributed by atoms with van der Waals surface area (Å²) in [4.78, 5) is 29.7. The summed E-state index contributed by atoms with van der Waals surface area (Å²) >= 11 is 1.40. The Morgan fingerprint density at radius 1 is 1.48 bits per heavy atom. The van der Waals surface area contributed by atoms with E-state index in [-0.39, 0.29) is 17.9 Å². The van der Waals surface area contributed by atoms with Gasteiger partial charge in [-0.05, 0) is 12.8 Å². The van der Waals surface area contributed by atoms with Gasteiger partial charge in [0.05, 0.1) is 6.61 Å². The molecule has 0 aromatic carbocycles. The van der Waals surface area contributed by atoms with Gasteiger partial charge in [-0.2, -0.15) is 0 Å². The van der Waals surface area contributed by atoms with Crippen LogP contribution in [0.2, 0.25) is 0 Å². The maximum atomic E-state index is 12.1. The number of aromatic nitrogens is 1. The molecule has 0 unspecified atom stereocenters. The van der Waals surface area contributed by atoms with Gasteiger partial charge in [0.15, 0.2) is 5.13 Å². The first-order valence-corrected chi connectivity index (χ1v) is 7.80. The molecule has 1 aliphatic heterocycles. The number of carbonyl (C=O) groups excluding carboxylic acids is 2. The van der Waals surface area contributed by atoms with E-state index >= 15 is 0 Å². The number of anilines is 1. The quantitative estimate of drug-likeness (QED) is 0.799. The molecule has 1 aromatic heterocycles. The lowest BCUT2D eigenvalue weighted by molar-refractivity contribution is -0.121. The Hall–Kier alpha value is -1.67. The highest BCUT2D eigenvalue weighted by atomic mass is 32.1. The highest BCUT2D eigenvalue weighted by molar-refractivity contribution is 7.13. The molecule has 1 aliphatic rings. The van der Waals surface area contributed by atoms with E-state index in [0.717, 1.165) is 0 Å². The summed E-state index contributed by atoms with van der Waals surface area (Å²) in [5, 5.41) is 8.04. The number of likely N-dealkylation sites (tertiary alicyclic amines) is 1. The fourth-order valence-electron chi connectivity index (χ4n) is 2.21. The molecule has 0 saturated carbocycles. The molecule has 2 N–H and O–H groups in total. The Kier molecular flexibility index (Phi) is 5.94. The van der Waals surface area contributed by atoms with E-state index in [1.54, 1.807) is 18.2 Å². The Labute approximate surface area is 127 Å². The number of hydrogen-bond acceptors (Lipinski definition) is 5. The summed E-state index contributed by atoms with van der Waals surface area (Å²) in [6.07, 6.45) is 3.01. The summed E-state index contributed by atoms with van der Waals surface area (Å²) in [5.74, 6) is -0.0682. The van der Waals surface area contributed by atoms with Crippen molar-refractivity contribution in [1.29, 1.82) is 0 Å². The molecule has 0 aliphatic carbocycles. The number of amides is 3. The minimum Gasteiger partial charge on any atom is -0.383 e. The van der Waals surface area contributed by atoms with Crippen molar-refractivity contribution in [3.05, 3.63) is 11.6 Å². The number of ether oxygens (including phenoxy) is 1. The molecular weight excluding hydrogens is 292 g/mol. The highest BCUT2D eigenvalue weighted by Crippen LogP contribution is 2.20. The van der Waals surface area contributed by atoms with Crippen LogP contribution in [0.1, 0.15) is 12.8 Å². The predicted molar refractivity (Wildman–Crippen MR) is 80.3 cm³/mol. The van der Waals surface area contributed by atoms with Gasteiger partial charge in [0, 0.05) is 44.2 Å². The molecule has 0 radical (unpaired) electrons. The number of hydrogen-bond donors (Lipinski definition) is 2. The van der Waals surface area contributed by atoms with Crippen molar-refractivity contribution in [2.24, 2.45) is 5.92 Å². The molecule has 8 heteroatoms. The van der Waals surface area contributed by atoms with Crippen molar-refractivity contribution >= 4 is 28.4 Å². The van der Waals surface area contributed by atoms with Crippen LogP contribution in [-0.2, 0) is 9.53 Å². The molecule has 1 saturated heterocycles. The van der Waals surface area contributed by atoms with E-state index in [9.17, 15) is 9.59 Å². The van der Waals surface area contributed by atoms with Gasteiger partial charge in [0.1, 0.15) is 0 Å². The topological polar surface area (TPSA) is 83.6 Å². The molecule has 0 bridgehead atoms. The van der Waals surface area contributed by atoms with Gasteiger partial charge in [-0.1, -0.05) is 0 Å². The van der Waals surface area contributed by atoms with Crippen molar-refractivity contribution in [3.63, 3.8) is 0 Å². The second-order valence-corrected chi connectivity index (χ2v) is 5.71. The van der Waals surface area contributed by atoms with Crippen molar-refractivity contribution in [2.45, 2.75) is 12.8 Å². The van der Waals surface area contributed by atoms with Crippen LogP contribution in [0.3, 0.4) is 0 Å². The molecule has 116 valence electrons. The van der Waals surface area contributed by atoms with E-state index in [4.69, 9.17) is 4.74 Å². The average molecular weight is 312 g/mol. The smallest absolute Gasteiger partial charge is 0.317 e. The maximum Gasteiger partial charge on any atom is 0.317 e. The molecule has 2 heterocycles. The minimum absolute atomic E-state index is 0.00982. The monoisotopic (exact) mass is 312 g/mol. The van der Waals surface area contributed by atoms with Gasteiger partial charge in [-0.3, -0.25) is 4.79 Å². The van der Waals surface area contributed by atoms with Gasteiger partial charge < -0.3 is 20.3 Å². The van der Waals surface area contributed by atoms with E-state index in [1.165, 1.54) is 11.3 Å². The Morgan fingerprint density at radius 2 is 2.24 bits per heavy atom. The van der Waals surface area contributed by atoms with Gasteiger partial charge in [0.25, 0.3) is 0 Å². The second-order valence-electron chi connectivity index (χ2n) is 4.81. The predicted octanol–water partition coefficient (Wildman–Crippen LogP) is 1.15. The first-order chi connectivity index (χ1) is 10.2. The first kappa shape index (κ1) is 15.7. The van der Waals surface area contributed by atoms with Crippen LogP contribution >= 0.6 is 11.3 Å². The van der Waals surface area contributed by atoms with Crippen LogP contribution < -0.4 is 10.6 Å². The SMILES string of the molecule is COCCNC(=O)N1CCC(C(=O)Nc2nccs2)CC1. The summed E-state index contributed by atoms with van der Waals surface area (Å²) in [6.45, 7) is 2.18. The van der Waals surface area contributed by atoms with Gasteiger partial charge in [-0.15, -0.1) is 11.3 Å². The number of thiazole rings is 1. The number of methoxy groups -OCH3 is 1. The molecule has 3 amide bonds. The Morgan fingerprint density at radius 3 is 2.86 bits per heavy atom. The molecule has 0 spiro atoms. The van der Waals surface area contributed by atoms with E-state index in [1.807, 2.05) is 5.38 Å². The van der Waals surface area contributed by atoms with Gasteiger partial charge in [0.2, 0.25) is 5.91 Å². The van der Waals surface area contributed by atoms with Crippen LogP contribution in [0, 0.1) is 5.92 Å². The number of rotatable bonds is 5. The van der Waals surface area contributed by atoms with Gasteiger partial charge in [-0.25, -0.2) is 9.78 Å². The fraction of sp³-hybridized carbons (Fsp3) is 0.615. The van der Waals surface area contributed by atoms with Gasteiger partial charge >= 0.3 is 6.03 Å². The third kappa shape index (κ3) is 4.68. The zero-order chi connectivity index (χ0) is 15.1. The largest absolute Gasteiger partial charge is 0.383 e. The average Bonchev–Trinajstić information content (AvgIpc) is 3.00. The molecule has 1 aromatic rings. The third-order valence-corrected chi connectivity index (χ3v) is 4.09. The summed E-state index contributed by atoms with van der Waals surface area (Å²) < 4.78 is 4.89. The van der Waals surface area contributed by atoms with Crippen LogP contribution in [0.25, 0.3) is 0 Å². The number of piperidine rings is 1. The molecule has 1 fully saturated rings. The third-order valence-electron chi connectivity index (χ3n) is 3.40. The van der Waals surface area contributed by atoms with E-state index in [2.05, 4.69) is 15.6 Å². The minimum atomic E-state index is -0.0918.